The molecule has 1 aromatic carbocycles. The van der Waals surface area contributed by atoms with E-state index in [0.717, 1.165) is 37.5 Å². The molecular weight excluding hydrogens is 475 g/mol. The molecule has 0 spiro atoms. The number of nitrogens with one attached hydrogen (secondary N) is 2. The highest BCUT2D eigenvalue weighted by Gasteiger charge is 2.24. The maximum absolute atomic E-state index is 13.3. The molecule has 0 radical (unpaired) electrons. The SMILES string of the molecule is O=C(NCC1CCC(CNC(=O)c2cc(-c3ccc(F)nc3)nc3ccccc23)CC1)O[C@H]1CCOC1. The van der Waals surface area contributed by atoms with Crippen molar-refractivity contribution in [1.29, 1.82) is 0 Å². The highest BCUT2D eigenvalue weighted by atomic mass is 19.1. The van der Waals surface area contributed by atoms with Crippen LogP contribution in [0.4, 0.5) is 9.18 Å². The Kier molecular flexibility index (Phi) is 7.89. The first kappa shape index (κ1) is 25.1. The molecule has 2 amide bonds. The zero-order valence-electron chi connectivity index (χ0n) is 20.6. The van der Waals surface area contributed by atoms with Crippen molar-refractivity contribution in [2.45, 2.75) is 38.2 Å². The molecule has 37 heavy (non-hydrogen) atoms. The molecule has 2 N–H and O–H groups in total. The molecule has 0 bridgehead atoms. The smallest absolute Gasteiger partial charge is 0.407 e. The second kappa shape index (κ2) is 11.6. The summed E-state index contributed by atoms with van der Waals surface area (Å²) < 4.78 is 23.9. The first-order chi connectivity index (χ1) is 18.0. The van der Waals surface area contributed by atoms with Crippen LogP contribution in [0.5, 0.6) is 0 Å². The van der Waals surface area contributed by atoms with Crippen molar-refractivity contribution in [3.63, 3.8) is 0 Å². The van der Waals surface area contributed by atoms with Gasteiger partial charge in [-0.05, 0) is 61.8 Å². The average Bonchev–Trinajstić information content (AvgIpc) is 3.44. The number of rotatable bonds is 7. The van der Waals surface area contributed by atoms with Crippen LogP contribution in [-0.2, 0) is 9.47 Å². The van der Waals surface area contributed by atoms with Crippen LogP contribution >= 0.6 is 0 Å². The largest absolute Gasteiger partial charge is 0.444 e. The average molecular weight is 507 g/mol. The molecule has 2 aromatic heterocycles. The summed E-state index contributed by atoms with van der Waals surface area (Å²) in [6, 6.07) is 12.1. The third kappa shape index (κ3) is 6.40. The molecule has 8 nitrogen and oxygen atoms in total. The van der Waals surface area contributed by atoms with Gasteiger partial charge in [0.2, 0.25) is 5.95 Å². The summed E-state index contributed by atoms with van der Waals surface area (Å²) in [4.78, 5) is 33.6. The Morgan fingerprint density at radius 2 is 1.76 bits per heavy atom. The Bertz CT molecular complexity index is 1240. The first-order valence-corrected chi connectivity index (χ1v) is 12.9. The minimum atomic E-state index is -0.563. The number of aromatic nitrogens is 2. The predicted octanol–water partition coefficient (Wildman–Crippen LogP) is 4.49. The number of fused-ring (bicyclic) bond motifs is 1. The minimum absolute atomic E-state index is 0.139. The quantitative estimate of drug-likeness (QED) is 0.458. The molecule has 1 atom stereocenters. The minimum Gasteiger partial charge on any atom is -0.444 e. The molecule has 1 saturated heterocycles. The molecule has 3 aromatic rings. The standard InChI is InChI=1S/C28H31FN4O4/c29-26-10-9-20(16-30-26)25-13-23(22-3-1-2-4-24(22)33-25)27(34)31-14-18-5-7-19(8-6-18)15-32-28(35)37-21-11-12-36-17-21/h1-4,9-10,13,16,18-19,21H,5-8,11-12,14-15,17H2,(H,31,34)(H,32,35)/t18?,19?,21-/m0/s1. The fourth-order valence-electron chi connectivity index (χ4n) is 5.04. The zero-order chi connectivity index (χ0) is 25.6. The monoisotopic (exact) mass is 506 g/mol. The second-order valence-electron chi connectivity index (χ2n) is 9.81. The lowest BCUT2D eigenvalue weighted by Gasteiger charge is -2.28. The predicted molar refractivity (Wildman–Crippen MR) is 136 cm³/mol. The van der Waals surface area contributed by atoms with Crippen molar-refractivity contribution in [1.82, 2.24) is 20.6 Å². The van der Waals surface area contributed by atoms with E-state index in [1.54, 1.807) is 12.1 Å². The third-order valence-corrected chi connectivity index (χ3v) is 7.20. The molecule has 1 aliphatic carbocycles. The maximum atomic E-state index is 13.3. The Balaban J connectivity index is 1.14. The van der Waals surface area contributed by atoms with E-state index < -0.39 is 5.95 Å². The van der Waals surface area contributed by atoms with E-state index in [0.29, 0.717) is 60.5 Å². The number of para-hydroxylation sites is 1. The summed E-state index contributed by atoms with van der Waals surface area (Å²) in [5.74, 6) is 0.0801. The summed E-state index contributed by atoms with van der Waals surface area (Å²) in [5.41, 5.74) is 2.45. The van der Waals surface area contributed by atoms with Crippen LogP contribution in [0.3, 0.4) is 0 Å². The molecule has 3 heterocycles. The number of halogens is 1. The summed E-state index contributed by atoms with van der Waals surface area (Å²) in [7, 11) is 0. The number of hydrogen-bond donors (Lipinski definition) is 2. The number of pyridine rings is 2. The highest BCUT2D eigenvalue weighted by Crippen LogP contribution is 2.29. The van der Waals surface area contributed by atoms with Gasteiger partial charge in [-0.3, -0.25) is 4.79 Å². The summed E-state index contributed by atoms with van der Waals surface area (Å²) >= 11 is 0. The second-order valence-corrected chi connectivity index (χ2v) is 9.81. The number of carbonyl (C=O) groups excluding carboxylic acids is 2. The molecule has 0 unspecified atom stereocenters. The van der Waals surface area contributed by atoms with Crippen molar-refractivity contribution in [3.05, 3.63) is 60.2 Å². The van der Waals surface area contributed by atoms with Gasteiger partial charge in [-0.15, -0.1) is 0 Å². The maximum Gasteiger partial charge on any atom is 0.407 e. The van der Waals surface area contributed by atoms with Gasteiger partial charge in [0.15, 0.2) is 0 Å². The molecule has 2 fully saturated rings. The van der Waals surface area contributed by atoms with E-state index in [1.807, 2.05) is 24.3 Å². The van der Waals surface area contributed by atoms with Gasteiger partial charge in [0, 0.05) is 36.7 Å². The van der Waals surface area contributed by atoms with Crippen LogP contribution in [0, 0.1) is 17.8 Å². The number of alkyl carbamates (subject to hydrolysis) is 1. The van der Waals surface area contributed by atoms with Gasteiger partial charge < -0.3 is 20.1 Å². The Morgan fingerprint density at radius 3 is 2.46 bits per heavy atom. The number of amides is 2. The van der Waals surface area contributed by atoms with Gasteiger partial charge >= 0.3 is 6.09 Å². The molecule has 2 aliphatic rings. The molecule has 1 aliphatic heterocycles. The lowest BCUT2D eigenvalue weighted by atomic mass is 9.82. The van der Waals surface area contributed by atoms with Crippen molar-refractivity contribution < 1.29 is 23.5 Å². The topological polar surface area (TPSA) is 102 Å². The van der Waals surface area contributed by atoms with E-state index in [-0.39, 0.29) is 18.1 Å². The number of ether oxygens (including phenoxy) is 2. The molecule has 5 rings (SSSR count). The lowest BCUT2D eigenvalue weighted by molar-refractivity contribution is 0.0813. The van der Waals surface area contributed by atoms with E-state index in [1.165, 1.54) is 12.3 Å². The number of hydrogen-bond acceptors (Lipinski definition) is 6. The van der Waals surface area contributed by atoms with Crippen LogP contribution in [0.25, 0.3) is 22.2 Å². The van der Waals surface area contributed by atoms with Gasteiger partial charge in [0.25, 0.3) is 5.91 Å². The van der Waals surface area contributed by atoms with Crippen LogP contribution in [0.15, 0.2) is 48.7 Å². The molecule has 194 valence electrons. The zero-order valence-corrected chi connectivity index (χ0v) is 20.6. The van der Waals surface area contributed by atoms with Crippen molar-refractivity contribution in [2.24, 2.45) is 11.8 Å². The summed E-state index contributed by atoms with van der Waals surface area (Å²) in [6.45, 7) is 2.31. The van der Waals surface area contributed by atoms with Crippen LogP contribution in [-0.4, -0.2) is 54.4 Å². The van der Waals surface area contributed by atoms with E-state index >= 15 is 0 Å². The van der Waals surface area contributed by atoms with Crippen LogP contribution in [0.1, 0.15) is 42.5 Å². The highest BCUT2D eigenvalue weighted by molar-refractivity contribution is 6.07. The van der Waals surface area contributed by atoms with Crippen molar-refractivity contribution >= 4 is 22.9 Å². The summed E-state index contributed by atoms with van der Waals surface area (Å²) in [5, 5.41) is 6.77. The number of benzene rings is 1. The van der Waals surface area contributed by atoms with Gasteiger partial charge in [-0.25, -0.2) is 14.8 Å². The van der Waals surface area contributed by atoms with E-state index in [4.69, 9.17) is 9.47 Å². The fraction of sp³-hybridized carbons (Fsp3) is 0.429. The molecular formula is C28H31FN4O4. The number of carbonyl (C=O) groups is 2. The van der Waals surface area contributed by atoms with E-state index in [2.05, 4.69) is 20.6 Å². The lowest BCUT2D eigenvalue weighted by Crippen LogP contribution is -2.36. The molecule has 9 heteroatoms. The number of nitrogens with zero attached hydrogens (tertiary/aromatic N) is 2. The Hall–Kier alpha value is -3.59. The Morgan fingerprint density at radius 1 is 1.00 bits per heavy atom. The van der Waals surface area contributed by atoms with Gasteiger partial charge in [0.1, 0.15) is 6.10 Å². The van der Waals surface area contributed by atoms with E-state index in [9.17, 15) is 14.0 Å². The van der Waals surface area contributed by atoms with Crippen LogP contribution in [0.2, 0.25) is 0 Å². The first-order valence-electron chi connectivity index (χ1n) is 12.9. The van der Waals surface area contributed by atoms with Crippen molar-refractivity contribution in [2.75, 3.05) is 26.3 Å². The van der Waals surface area contributed by atoms with Crippen LogP contribution < -0.4 is 10.6 Å². The Labute approximate surface area is 215 Å². The van der Waals surface area contributed by atoms with Crippen molar-refractivity contribution in [3.8, 4) is 11.3 Å². The summed E-state index contributed by atoms with van der Waals surface area (Å²) in [6.07, 6.45) is 5.63. The normalized spacial score (nSPS) is 21.5. The van der Waals surface area contributed by atoms with Gasteiger partial charge in [0.05, 0.1) is 30.0 Å². The van der Waals surface area contributed by atoms with Gasteiger partial charge in [-0.2, -0.15) is 4.39 Å². The van der Waals surface area contributed by atoms with Gasteiger partial charge in [-0.1, -0.05) is 18.2 Å². The fourth-order valence-corrected chi connectivity index (χ4v) is 5.04. The molecule has 1 saturated carbocycles. The third-order valence-electron chi connectivity index (χ3n) is 7.20.